The number of piperidine rings is 2. The Hall–Kier alpha value is -3.11. The van der Waals surface area contributed by atoms with E-state index in [0.29, 0.717) is 42.2 Å². The van der Waals surface area contributed by atoms with Gasteiger partial charge in [0.2, 0.25) is 0 Å². The van der Waals surface area contributed by atoms with Crippen molar-refractivity contribution in [3.8, 4) is 22.8 Å². The van der Waals surface area contributed by atoms with Crippen molar-refractivity contribution < 1.29 is 24.2 Å². The molecular weight excluding hydrogens is 522 g/mol. The van der Waals surface area contributed by atoms with Crippen molar-refractivity contribution in [2.45, 2.75) is 43.7 Å². The number of ether oxygens (including phenoxy) is 1. The molecule has 1 amide bonds. The molecule has 3 aromatic rings. The van der Waals surface area contributed by atoms with Gasteiger partial charge in [-0.25, -0.2) is 4.79 Å². The number of aliphatic hydroxyl groups excluding tert-OH is 1. The lowest BCUT2D eigenvalue weighted by molar-refractivity contribution is 0.0628. The summed E-state index contributed by atoms with van der Waals surface area (Å²) < 4.78 is 12.1. The van der Waals surface area contributed by atoms with Crippen molar-refractivity contribution in [1.82, 2.24) is 15.1 Å². The van der Waals surface area contributed by atoms with Crippen LogP contribution in [0.15, 0.2) is 45.6 Å². The van der Waals surface area contributed by atoms with Crippen LogP contribution in [0.2, 0.25) is 5.02 Å². The minimum atomic E-state index is -0.813. The van der Waals surface area contributed by atoms with Crippen molar-refractivity contribution in [3.63, 3.8) is 0 Å². The zero-order valence-corrected chi connectivity index (χ0v) is 22.9. The Morgan fingerprint density at radius 3 is 2.77 bits per heavy atom. The van der Waals surface area contributed by atoms with Crippen LogP contribution in [0.5, 0.6) is 11.5 Å². The number of aliphatic hydroxyl groups is 1. The lowest BCUT2D eigenvalue weighted by atomic mass is 9.85. The van der Waals surface area contributed by atoms with E-state index < -0.39 is 23.5 Å². The number of β-amino-alcohol motifs (C(OH)–C–C–N with tert-alkyl or cyclic N) is 1. The molecule has 2 aliphatic rings. The highest BCUT2D eigenvalue weighted by molar-refractivity contribution is 6.33. The summed E-state index contributed by atoms with van der Waals surface area (Å²) in [6.07, 6.45) is 2.30. The third-order valence-electron chi connectivity index (χ3n) is 7.69. The minimum absolute atomic E-state index is 0.0357. The summed E-state index contributed by atoms with van der Waals surface area (Å²) in [6.45, 7) is 2.45. The summed E-state index contributed by atoms with van der Waals surface area (Å²) in [6, 6.07) is 9.71. The number of amides is 1. The van der Waals surface area contributed by atoms with Gasteiger partial charge in [0, 0.05) is 55.4 Å². The molecule has 3 atom stereocenters. The van der Waals surface area contributed by atoms with E-state index in [1.807, 2.05) is 11.9 Å². The molecule has 1 aromatic heterocycles. The number of aromatic hydroxyl groups is 1. The van der Waals surface area contributed by atoms with Gasteiger partial charge < -0.3 is 34.5 Å². The number of likely N-dealkylation sites (N-methyl/N-ethyl adjacent to an activating group) is 2. The number of carbonyl (C=O) groups excluding carboxylic acids is 1. The van der Waals surface area contributed by atoms with Crippen LogP contribution in [0.1, 0.15) is 37.2 Å². The van der Waals surface area contributed by atoms with Gasteiger partial charge in [0.25, 0.3) is 0 Å². The molecule has 3 N–H and O–H groups in total. The van der Waals surface area contributed by atoms with Crippen LogP contribution in [-0.2, 0) is 0 Å². The number of benzene rings is 2. The maximum Gasteiger partial charge on any atom is 0.415 e. The van der Waals surface area contributed by atoms with Crippen molar-refractivity contribution in [3.05, 3.63) is 57.2 Å². The first-order valence-corrected chi connectivity index (χ1v) is 13.7. The average Bonchev–Trinajstić information content (AvgIpc) is 2.90. The number of hydrogen-bond donors (Lipinski definition) is 3. The SMILES string of the molecule is CN1CC[C@H](c2c(OC(=O)N(C)CC3CCCCN3)cc(O)c3c(=O)cc(-c4ccccc4Cl)oc23)[C@H](O)C1. The quantitative estimate of drug-likeness (QED) is 0.430. The van der Waals surface area contributed by atoms with Crippen molar-refractivity contribution in [1.29, 1.82) is 0 Å². The molecule has 39 heavy (non-hydrogen) atoms. The van der Waals surface area contributed by atoms with E-state index in [1.165, 1.54) is 17.0 Å². The number of nitrogens with zero attached hydrogens (tertiary/aromatic N) is 2. The Bertz CT molecular complexity index is 1420. The van der Waals surface area contributed by atoms with Gasteiger partial charge in [-0.3, -0.25) is 4.79 Å². The molecule has 2 aromatic carbocycles. The molecule has 2 saturated heterocycles. The fraction of sp³-hybridized carbons (Fsp3) is 0.448. The van der Waals surface area contributed by atoms with Gasteiger partial charge >= 0.3 is 6.09 Å². The van der Waals surface area contributed by atoms with Gasteiger partial charge in [-0.15, -0.1) is 0 Å². The maximum absolute atomic E-state index is 13.3. The van der Waals surface area contributed by atoms with Crippen LogP contribution in [0.3, 0.4) is 0 Å². The summed E-state index contributed by atoms with van der Waals surface area (Å²) in [4.78, 5) is 30.0. The molecular formula is C29H34ClN3O6. The largest absolute Gasteiger partial charge is 0.507 e. The Kier molecular flexibility index (Phi) is 8.13. The normalized spacial score (nSPS) is 22.1. The second kappa shape index (κ2) is 11.6. The van der Waals surface area contributed by atoms with Crippen LogP contribution in [0, 0.1) is 0 Å². The summed E-state index contributed by atoms with van der Waals surface area (Å²) in [5.74, 6) is -0.594. The Labute approximate surface area is 231 Å². The van der Waals surface area contributed by atoms with E-state index in [9.17, 15) is 19.8 Å². The van der Waals surface area contributed by atoms with Crippen LogP contribution >= 0.6 is 11.6 Å². The highest BCUT2D eigenvalue weighted by Crippen LogP contribution is 2.43. The number of carbonyl (C=O) groups is 1. The predicted molar refractivity (Wildman–Crippen MR) is 150 cm³/mol. The van der Waals surface area contributed by atoms with Gasteiger partial charge in [-0.05, 0) is 51.5 Å². The third-order valence-corrected chi connectivity index (χ3v) is 8.02. The van der Waals surface area contributed by atoms with Gasteiger partial charge in [-0.1, -0.05) is 30.2 Å². The highest BCUT2D eigenvalue weighted by Gasteiger charge is 2.34. The highest BCUT2D eigenvalue weighted by atomic mass is 35.5. The first kappa shape index (κ1) is 27.5. The minimum Gasteiger partial charge on any atom is -0.507 e. The molecule has 2 fully saturated rings. The predicted octanol–water partition coefficient (Wildman–Crippen LogP) is 4.17. The van der Waals surface area contributed by atoms with Crippen molar-refractivity contribution in [2.24, 2.45) is 0 Å². The molecule has 208 valence electrons. The van der Waals surface area contributed by atoms with Crippen LogP contribution in [0.25, 0.3) is 22.3 Å². The van der Waals surface area contributed by atoms with Gasteiger partial charge in [0.1, 0.15) is 28.2 Å². The number of phenolic OH excluding ortho intramolecular Hbond substituents is 1. The van der Waals surface area contributed by atoms with E-state index in [4.69, 9.17) is 20.8 Å². The number of likely N-dealkylation sites (tertiary alicyclic amines) is 1. The number of rotatable bonds is 5. The van der Waals surface area contributed by atoms with Crippen molar-refractivity contribution in [2.75, 3.05) is 40.3 Å². The zero-order valence-electron chi connectivity index (χ0n) is 22.2. The van der Waals surface area contributed by atoms with Gasteiger partial charge in [0.05, 0.1) is 11.1 Å². The topological polar surface area (TPSA) is 115 Å². The smallest absolute Gasteiger partial charge is 0.415 e. The van der Waals surface area contributed by atoms with E-state index in [1.54, 1.807) is 31.3 Å². The number of fused-ring (bicyclic) bond motifs is 1. The second-order valence-electron chi connectivity index (χ2n) is 10.6. The second-order valence-corrected chi connectivity index (χ2v) is 11.0. The zero-order chi connectivity index (χ0) is 27.7. The standard InChI is InChI=1S/C29H34ClN3O6/c1-32-12-10-19(23(36)16-32)26-25(39-29(37)33(2)15-17-7-5-6-11-31-17)14-22(35)27-21(34)13-24(38-28(26)27)18-8-3-4-9-20(18)30/h3-4,8-9,13-14,17,19,23,31,35-36H,5-7,10-12,15-16H2,1-2H3/t17?,19-,23+/m0/s1. The molecule has 0 saturated carbocycles. The van der Waals surface area contributed by atoms with Gasteiger partial charge in [-0.2, -0.15) is 0 Å². The molecule has 0 radical (unpaired) electrons. The first-order valence-electron chi connectivity index (χ1n) is 13.3. The third kappa shape index (κ3) is 5.77. The molecule has 1 unspecified atom stereocenters. The molecule has 0 bridgehead atoms. The molecule has 10 heteroatoms. The Morgan fingerprint density at radius 1 is 1.26 bits per heavy atom. The molecule has 5 rings (SSSR count). The van der Waals surface area contributed by atoms with E-state index >= 15 is 0 Å². The van der Waals surface area contributed by atoms with E-state index in [2.05, 4.69) is 5.32 Å². The number of nitrogens with one attached hydrogen (secondary N) is 1. The van der Waals surface area contributed by atoms with Crippen molar-refractivity contribution >= 4 is 28.7 Å². The first-order chi connectivity index (χ1) is 18.7. The molecule has 9 nitrogen and oxygen atoms in total. The fourth-order valence-corrected chi connectivity index (χ4v) is 5.85. The monoisotopic (exact) mass is 555 g/mol. The molecule has 0 spiro atoms. The number of hydrogen-bond acceptors (Lipinski definition) is 8. The van der Waals surface area contributed by atoms with Crippen LogP contribution in [0.4, 0.5) is 4.79 Å². The molecule has 3 heterocycles. The fourth-order valence-electron chi connectivity index (χ4n) is 5.62. The summed E-state index contributed by atoms with van der Waals surface area (Å²) in [7, 11) is 3.58. The lowest BCUT2D eigenvalue weighted by Crippen LogP contribution is -2.45. The summed E-state index contributed by atoms with van der Waals surface area (Å²) >= 11 is 6.40. The van der Waals surface area contributed by atoms with Crippen LogP contribution in [-0.4, -0.2) is 78.5 Å². The molecule has 0 aliphatic carbocycles. The number of phenols is 1. The maximum atomic E-state index is 13.3. The van der Waals surface area contributed by atoms with E-state index in [-0.39, 0.29) is 34.3 Å². The lowest BCUT2D eigenvalue weighted by Gasteiger charge is -2.35. The van der Waals surface area contributed by atoms with E-state index in [0.717, 1.165) is 25.8 Å². The Balaban J connectivity index is 1.61. The summed E-state index contributed by atoms with van der Waals surface area (Å²) in [5.41, 5.74) is 0.498. The molecule has 2 aliphatic heterocycles. The number of halogens is 1. The van der Waals surface area contributed by atoms with Gasteiger partial charge in [0.15, 0.2) is 5.43 Å². The average molecular weight is 556 g/mol. The van der Waals surface area contributed by atoms with Crippen LogP contribution < -0.4 is 15.5 Å². The Morgan fingerprint density at radius 2 is 2.05 bits per heavy atom. The summed E-state index contributed by atoms with van der Waals surface area (Å²) in [5, 5.41) is 25.8.